The van der Waals surface area contributed by atoms with Crippen LogP contribution >= 0.6 is 0 Å². The minimum absolute atomic E-state index is 0.209. The number of Topliss-reactive ketones (excluding diaryl/α,β-unsaturated/α-hetero) is 1. The molecule has 5 nitrogen and oxygen atoms in total. The van der Waals surface area contributed by atoms with Crippen LogP contribution in [0.25, 0.3) is 0 Å². The van der Waals surface area contributed by atoms with Gasteiger partial charge in [0.15, 0.2) is 18.2 Å². The van der Waals surface area contributed by atoms with Gasteiger partial charge >= 0.3 is 0 Å². The summed E-state index contributed by atoms with van der Waals surface area (Å²) in [5.41, 5.74) is 0. The van der Waals surface area contributed by atoms with Gasteiger partial charge in [-0.25, -0.2) is 0 Å². The highest BCUT2D eigenvalue weighted by molar-refractivity contribution is 5.88. The number of aliphatic hydroxyl groups excluding tert-OH is 1. The first-order chi connectivity index (χ1) is 7.11. The molecule has 1 N–H and O–H groups in total. The lowest BCUT2D eigenvalue weighted by molar-refractivity contribution is -0.246. The van der Waals surface area contributed by atoms with Gasteiger partial charge in [-0.3, -0.25) is 4.79 Å². The molecular formula is C10H16O5. The van der Waals surface area contributed by atoms with Crippen LogP contribution in [0.2, 0.25) is 0 Å². The van der Waals surface area contributed by atoms with E-state index in [2.05, 4.69) is 6.58 Å². The third-order valence-corrected chi connectivity index (χ3v) is 2.24. The molecule has 1 fully saturated rings. The van der Waals surface area contributed by atoms with Crippen LogP contribution in [-0.4, -0.2) is 49.2 Å². The Morgan fingerprint density at radius 2 is 2.33 bits per heavy atom. The summed E-state index contributed by atoms with van der Waals surface area (Å²) < 4.78 is 15.4. The number of methoxy groups -OCH3 is 1. The number of hydrogen-bond acceptors (Lipinski definition) is 5. The standard InChI is InChI=1S/C10H16O5/c1-4-5-14-9-8(12)7(11)6(2)15-10(9)13-3/h4,6-7,9-11H,1,5H2,2-3H3/t6-,7-,9+,10+/m0/s1. The van der Waals surface area contributed by atoms with Crippen molar-refractivity contribution in [3.63, 3.8) is 0 Å². The van der Waals surface area contributed by atoms with Gasteiger partial charge < -0.3 is 19.3 Å². The van der Waals surface area contributed by atoms with E-state index in [1.165, 1.54) is 13.2 Å². The summed E-state index contributed by atoms with van der Waals surface area (Å²) in [7, 11) is 1.42. The summed E-state index contributed by atoms with van der Waals surface area (Å²) in [5.74, 6) is -0.414. The monoisotopic (exact) mass is 216 g/mol. The van der Waals surface area contributed by atoms with E-state index in [1.54, 1.807) is 6.92 Å². The van der Waals surface area contributed by atoms with E-state index in [4.69, 9.17) is 14.2 Å². The van der Waals surface area contributed by atoms with Crippen LogP contribution in [0, 0.1) is 0 Å². The van der Waals surface area contributed by atoms with E-state index < -0.39 is 30.4 Å². The van der Waals surface area contributed by atoms with Gasteiger partial charge in [0, 0.05) is 7.11 Å². The van der Waals surface area contributed by atoms with E-state index in [1.807, 2.05) is 0 Å². The van der Waals surface area contributed by atoms with E-state index in [9.17, 15) is 9.90 Å². The minimum atomic E-state index is -1.16. The molecule has 0 aromatic heterocycles. The van der Waals surface area contributed by atoms with Crippen LogP contribution in [0.1, 0.15) is 6.92 Å². The zero-order valence-electron chi connectivity index (χ0n) is 8.88. The molecule has 0 aliphatic carbocycles. The van der Waals surface area contributed by atoms with Crippen molar-refractivity contribution in [1.82, 2.24) is 0 Å². The molecule has 0 amide bonds. The second kappa shape index (κ2) is 5.37. The van der Waals surface area contributed by atoms with Gasteiger partial charge in [-0.05, 0) is 6.92 Å². The van der Waals surface area contributed by atoms with Crippen LogP contribution in [0.5, 0.6) is 0 Å². The maximum Gasteiger partial charge on any atom is 0.197 e. The topological polar surface area (TPSA) is 65.0 Å². The fraction of sp³-hybridized carbons (Fsp3) is 0.700. The summed E-state index contributed by atoms with van der Waals surface area (Å²) in [6.07, 6.45) is -1.88. The zero-order valence-corrected chi connectivity index (χ0v) is 8.88. The second-order valence-electron chi connectivity index (χ2n) is 3.34. The SMILES string of the molecule is C=CCO[C@@H]1C(=O)[C@@H](O)[C@H](C)O[C@H]1OC. The van der Waals surface area contributed by atoms with E-state index in [-0.39, 0.29) is 6.61 Å². The molecule has 0 aromatic carbocycles. The quantitative estimate of drug-likeness (QED) is 0.664. The maximum atomic E-state index is 11.6. The minimum Gasteiger partial charge on any atom is -0.382 e. The smallest absolute Gasteiger partial charge is 0.197 e. The third kappa shape index (κ3) is 2.63. The molecule has 0 saturated carbocycles. The van der Waals surface area contributed by atoms with Gasteiger partial charge in [0.05, 0.1) is 12.7 Å². The number of aliphatic hydroxyl groups is 1. The van der Waals surface area contributed by atoms with Gasteiger partial charge in [-0.1, -0.05) is 6.08 Å². The molecule has 86 valence electrons. The number of ether oxygens (including phenoxy) is 3. The number of rotatable bonds is 4. The molecule has 5 heteroatoms. The molecule has 15 heavy (non-hydrogen) atoms. The first-order valence-corrected chi connectivity index (χ1v) is 4.74. The lowest BCUT2D eigenvalue weighted by Gasteiger charge is -2.35. The Hall–Kier alpha value is -0.750. The van der Waals surface area contributed by atoms with E-state index >= 15 is 0 Å². The molecule has 0 unspecified atom stereocenters. The van der Waals surface area contributed by atoms with Gasteiger partial charge in [0.1, 0.15) is 6.10 Å². The maximum absolute atomic E-state index is 11.6. The summed E-state index contributed by atoms with van der Waals surface area (Å²) in [5, 5.41) is 9.49. The Kier molecular flexibility index (Phi) is 4.41. The molecule has 0 radical (unpaired) electrons. The molecule has 4 atom stereocenters. The number of carbonyl (C=O) groups is 1. The Bertz CT molecular complexity index is 240. The van der Waals surface area contributed by atoms with Gasteiger partial charge in [0.25, 0.3) is 0 Å². The molecule has 1 rings (SSSR count). The molecule has 0 spiro atoms. The van der Waals surface area contributed by atoms with E-state index in [0.717, 1.165) is 0 Å². The first-order valence-electron chi connectivity index (χ1n) is 4.74. The number of ketones is 1. The zero-order chi connectivity index (χ0) is 11.4. The molecule has 1 aliphatic rings. The van der Waals surface area contributed by atoms with Gasteiger partial charge in [0.2, 0.25) is 0 Å². The number of hydrogen-bond donors (Lipinski definition) is 1. The number of carbonyl (C=O) groups excluding carboxylic acids is 1. The average Bonchev–Trinajstić information content (AvgIpc) is 2.24. The molecule has 0 aromatic rings. The highest BCUT2D eigenvalue weighted by atomic mass is 16.7. The van der Waals surface area contributed by atoms with Crippen molar-refractivity contribution >= 4 is 5.78 Å². The largest absolute Gasteiger partial charge is 0.382 e. The fourth-order valence-corrected chi connectivity index (χ4v) is 1.40. The lowest BCUT2D eigenvalue weighted by atomic mass is 10.0. The highest BCUT2D eigenvalue weighted by Crippen LogP contribution is 2.20. The van der Waals surface area contributed by atoms with Crippen molar-refractivity contribution in [2.24, 2.45) is 0 Å². The van der Waals surface area contributed by atoms with Crippen LogP contribution < -0.4 is 0 Å². The highest BCUT2D eigenvalue weighted by Gasteiger charge is 2.43. The van der Waals surface area contributed by atoms with E-state index in [0.29, 0.717) is 0 Å². The molecule has 1 heterocycles. The fourth-order valence-electron chi connectivity index (χ4n) is 1.40. The van der Waals surface area contributed by atoms with Crippen LogP contribution in [0.3, 0.4) is 0 Å². The third-order valence-electron chi connectivity index (χ3n) is 2.24. The Morgan fingerprint density at radius 1 is 1.67 bits per heavy atom. The summed E-state index contributed by atoms with van der Waals surface area (Å²) in [4.78, 5) is 11.6. The van der Waals surface area contributed by atoms with Crippen molar-refractivity contribution in [2.45, 2.75) is 31.5 Å². The van der Waals surface area contributed by atoms with Crippen LogP contribution in [0.15, 0.2) is 12.7 Å². The van der Waals surface area contributed by atoms with Crippen molar-refractivity contribution in [1.29, 1.82) is 0 Å². The molecule has 1 saturated heterocycles. The molecule has 0 bridgehead atoms. The summed E-state index contributed by atoms with van der Waals surface area (Å²) in [6.45, 7) is 5.29. The predicted molar refractivity (Wildman–Crippen MR) is 52.3 cm³/mol. The molecular weight excluding hydrogens is 200 g/mol. The van der Waals surface area contributed by atoms with Crippen LogP contribution in [0.4, 0.5) is 0 Å². The summed E-state index contributed by atoms with van der Waals surface area (Å²) in [6, 6.07) is 0. The van der Waals surface area contributed by atoms with Crippen molar-refractivity contribution in [3.05, 3.63) is 12.7 Å². The Morgan fingerprint density at radius 3 is 2.87 bits per heavy atom. The Balaban J connectivity index is 2.70. The van der Waals surface area contributed by atoms with Crippen LogP contribution in [-0.2, 0) is 19.0 Å². The Labute approximate surface area is 88.6 Å². The molecule has 1 aliphatic heterocycles. The normalized spacial score (nSPS) is 36.6. The van der Waals surface area contributed by atoms with Crippen molar-refractivity contribution in [2.75, 3.05) is 13.7 Å². The van der Waals surface area contributed by atoms with Crippen molar-refractivity contribution < 1.29 is 24.1 Å². The second-order valence-corrected chi connectivity index (χ2v) is 3.34. The van der Waals surface area contributed by atoms with Gasteiger partial charge in [-0.2, -0.15) is 0 Å². The summed E-state index contributed by atoms with van der Waals surface area (Å²) >= 11 is 0. The lowest BCUT2D eigenvalue weighted by Crippen LogP contribution is -2.55. The average molecular weight is 216 g/mol. The van der Waals surface area contributed by atoms with Crippen molar-refractivity contribution in [3.8, 4) is 0 Å². The van der Waals surface area contributed by atoms with Gasteiger partial charge in [-0.15, -0.1) is 6.58 Å². The first kappa shape index (κ1) is 12.3. The predicted octanol–water partition coefficient (Wildman–Crippen LogP) is -0.121.